The van der Waals surface area contributed by atoms with Crippen molar-refractivity contribution in [2.75, 3.05) is 0 Å². The van der Waals surface area contributed by atoms with Gasteiger partial charge in [-0.3, -0.25) is 4.40 Å². The maximum absolute atomic E-state index is 11.3. The van der Waals surface area contributed by atoms with E-state index in [1.165, 1.54) is 0 Å². The van der Waals surface area contributed by atoms with Crippen LogP contribution in [0.3, 0.4) is 0 Å². The molecule has 3 rings (SSSR count). The number of aromatic nitrogens is 3. The van der Waals surface area contributed by atoms with E-state index in [1.54, 1.807) is 11.3 Å². The number of aromatic carboxylic acids is 1. The minimum Gasteiger partial charge on any atom is -0.477 e. The fourth-order valence-electron chi connectivity index (χ4n) is 2.34. The molecule has 0 unspecified atom stereocenters. The predicted molar refractivity (Wildman–Crippen MR) is 68.2 cm³/mol. The van der Waals surface area contributed by atoms with E-state index < -0.39 is 5.97 Å². The standard InChI is InChI=1S/C13H13N3O2/c1-6-4-5-9-10(7(6)2)15-13-14-8(3)11(12(17)18)16(9)13/h4-5H,1-3H3,(H,14,15)(H,17,18). The maximum atomic E-state index is 11.3. The second-order valence-electron chi connectivity index (χ2n) is 4.55. The van der Waals surface area contributed by atoms with Gasteiger partial charge < -0.3 is 10.1 Å². The molecule has 1 aromatic carbocycles. The number of fused-ring (bicyclic) bond motifs is 3. The number of carbonyl (C=O) groups is 1. The van der Waals surface area contributed by atoms with E-state index in [0.717, 1.165) is 22.2 Å². The number of rotatable bonds is 1. The Bertz CT molecular complexity index is 796. The summed E-state index contributed by atoms with van der Waals surface area (Å²) < 4.78 is 1.67. The van der Waals surface area contributed by atoms with Crippen LogP contribution in [0.4, 0.5) is 0 Å². The summed E-state index contributed by atoms with van der Waals surface area (Å²) in [5.41, 5.74) is 4.77. The molecule has 5 heteroatoms. The molecule has 0 saturated heterocycles. The summed E-state index contributed by atoms with van der Waals surface area (Å²) in [6, 6.07) is 3.90. The van der Waals surface area contributed by atoms with Gasteiger partial charge in [-0.2, -0.15) is 0 Å². The molecule has 0 aliphatic carbocycles. The van der Waals surface area contributed by atoms with Crippen molar-refractivity contribution in [3.63, 3.8) is 0 Å². The van der Waals surface area contributed by atoms with Crippen LogP contribution in [0.2, 0.25) is 0 Å². The molecule has 2 N–H and O–H groups in total. The van der Waals surface area contributed by atoms with Gasteiger partial charge >= 0.3 is 5.97 Å². The maximum Gasteiger partial charge on any atom is 0.354 e. The van der Waals surface area contributed by atoms with Gasteiger partial charge in [-0.15, -0.1) is 0 Å². The van der Waals surface area contributed by atoms with E-state index in [-0.39, 0.29) is 5.69 Å². The van der Waals surface area contributed by atoms with Gasteiger partial charge in [0.1, 0.15) is 0 Å². The largest absolute Gasteiger partial charge is 0.477 e. The predicted octanol–water partition coefficient (Wildman–Crippen LogP) is 2.44. The second-order valence-corrected chi connectivity index (χ2v) is 4.55. The van der Waals surface area contributed by atoms with Crippen LogP contribution in [0.25, 0.3) is 16.8 Å². The Labute approximate surface area is 103 Å². The highest BCUT2D eigenvalue weighted by Gasteiger charge is 2.19. The first-order valence-electron chi connectivity index (χ1n) is 5.71. The lowest BCUT2D eigenvalue weighted by atomic mass is 10.1. The molecule has 0 fully saturated rings. The molecule has 0 spiro atoms. The normalized spacial score (nSPS) is 11.5. The zero-order valence-corrected chi connectivity index (χ0v) is 10.4. The summed E-state index contributed by atoms with van der Waals surface area (Å²) in [5.74, 6) is -0.370. The fraction of sp³-hybridized carbons (Fsp3) is 0.231. The highest BCUT2D eigenvalue weighted by molar-refractivity contribution is 5.93. The number of aryl methyl sites for hydroxylation is 3. The lowest BCUT2D eigenvalue weighted by Crippen LogP contribution is -2.03. The quantitative estimate of drug-likeness (QED) is 0.689. The average Bonchev–Trinajstić information content (AvgIpc) is 2.78. The summed E-state index contributed by atoms with van der Waals surface area (Å²) in [4.78, 5) is 18.8. The van der Waals surface area contributed by atoms with Crippen molar-refractivity contribution in [2.45, 2.75) is 20.8 Å². The Morgan fingerprint density at radius 3 is 2.72 bits per heavy atom. The van der Waals surface area contributed by atoms with Crippen molar-refractivity contribution in [1.82, 2.24) is 14.4 Å². The van der Waals surface area contributed by atoms with E-state index in [9.17, 15) is 9.90 Å². The van der Waals surface area contributed by atoms with Crippen molar-refractivity contribution in [2.24, 2.45) is 0 Å². The summed E-state index contributed by atoms with van der Waals surface area (Å²) in [6.45, 7) is 5.76. The van der Waals surface area contributed by atoms with Crippen LogP contribution in [-0.4, -0.2) is 25.4 Å². The Morgan fingerprint density at radius 1 is 1.33 bits per heavy atom. The van der Waals surface area contributed by atoms with E-state index in [4.69, 9.17) is 0 Å². The molecule has 2 aromatic heterocycles. The molecular formula is C13H13N3O2. The number of carboxylic acid groups (broad SMARTS) is 1. The SMILES string of the molecule is Cc1ccc2c(nc3[nH]c(C)c(C(=O)O)n32)c1C. The van der Waals surface area contributed by atoms with Crippen molar-refractivity contribution in [1.29, 1.82) is 0 Å². The van der Waals surface area contributed by atoms with E-state index in [1.807, 2.05) is 26.0 Å². The number of imidazole rings is 2. The van der Waals surface area contributed by atoms with Crippen molar-refractivity contribution < 1.29 is 9.90 Å². The summed E-state index contributed by atoms with van der Waals surface area (Å²) in [7, 11) is 0. The highest BCUT2D eigenvalue weighted by atomic mass is 16.4. The monoisotopic (exact) mass is 243 g/mol. The Kier molecular flexibility index (Phi) is 2.02. The topological polar surface area (TPSA) is 70.4 Å². The number of nitrogens with zero attached hydrogens (tertiary/aromatic N) is 2. The second kappa shape index (κ2) is 3.35. The van der Waals surface area contributed by atoms with Gasteiger partial charge in [0, 0.05) is 5.69 Å². The molecule has 3 aromatic rings. The minimum absolute atomic E-state index is 0.246. The van der Waals surface area contributed by atoms with Crippen LogP contribution in [-0.2, 0) is 0 Å². The number of H-pyrrole nitrogens is 1. The summed E-state index contributed by atoms with van der Waals surface area (Å²) >= 11 is 0. The van der Waals surface area contributed by atoms with E-state index in [2.05, 4.69) is 9.97 Å². The third-order valence-electron chi connectivity index (χ3n) is 3.43. The minimum atomic E-state index is -0.948. The first-order valence-corrected chi connectivity index (χ1v) is 5.71. The smallest absolute Gasteiger partial charge is 0.354 e. The summed E-state index contributed by atoms with van der Waals surface area (Å²) in [5, 5.41) is 9.29. The van der Waals surface area contributed by atoms with Crippen LogP contribution in [0, 0.1) is 20.8 Å². The number of aromatic amines is 1. The Morgan fingerprint density at radius 2 is 2.06 bits per heavy atom. The van der Waals surface area contributed by atoms with Crippen LogP contribution in [0.1, 0.15) is 27.3 Å². The van der Waals surface area contributed by atoms with Gasteiger partial charge in [-0.05, 0) is 38.0 Å². The van der Waals surface area contributed by atoms with Crippen LogP contribution >= 0.6 is 0 Å². The van der Waals surface area contributed by atoms with Gasteiger partial charge in [0.15, 0.2) is 5.69 Å². The molecule has 0 amide bonds. The fourth-order valence-corrected chi connectivity index (χ4v) is 2.34. The van der Waals surface area contributed by atoms with Crippen LogP contribution in [0.15, 0.2) is 12.1 Å². The lowest BCUT2D eigenvalue weighted by Gasteiger charge is -2.01. The highest BCUT2D eigenvalue weighted by Crippen LogP contribution is 2.24. The molecule has 0 aliphatic heterocycles. The van der Waals surface area contributed by atoms with Crippen molar-refractivity contribution in [3.8, 4) is 0 Å². The molecule has 0 radical (unpaired) electrons. The van der Waals surface area contributed by atoms with Gasteiger partial charge in [0.05, 0.1) is 11.0 Å². The third-order valence-corrected chi connectivity index (χ3v) is 3.43. The van der Waals surface area contributed by atoms with Crippen molar-refractivity contribution in [3.05, 3.63) is 34.6 Å². The molecule has 18 heavy (non-hydrogen) atoms. The van der Waals surface area contributed by atoms with Crippen LogP contribution in [0.5, 0.6) is 0 Å². The Balaban J connectivity index is 2.55. The number of hydrogen-bond donors (Lipinski definition) is 2. The first kappa shape index (κ1) is 10.8. The number of carboxylic acids is 1. The number of nitrogens with one attached hydrogen (secondary N) is 1. The van der Waals surface area contributed by atoms with Crippen LogP contribution < -0.4 is 0 Å². The molecule has 0 aliphatic rings. The molecule has 2 heterocycles. The molecule has 0 saturated carbocycles. The molecule has 5 nitrogen and oxygen atoms in total. The molecule has 0 bridgehead atoms. The van der Waals surface area contributed by atoms with Crippen molar-refractivity contribution >= 4 is 22.8 Å². The van der Waals surface area contributed by atoms with Gasteiger partial charge in [-0.25, -0.2) is 9.78 Å². The van der Waals surface area contributed by atoms with Gasteiger partial charge in [0.25, 0.3) is 0 Å². The number of hydrogen-bond acceptors (Lipinski definition) is 2. The average molecular weight is 243 g/mol. The lowest BCUT2D eigenvalue weighted by molar-refractivity contribution is 0.0689. The number of benzene rings is 1. The summed E-state index contributed by atoms with van der Waals surface area (Å²) in [6.07, 6.45) is 0. The van der Waals surface area contributed by atoms with Gasteiger partial charge in [0.2, 0.25) is 5.78 Å². The molecule has 92 valence electrons. The van der Waals surface area contributed by atoms with E-state index in [0.29, 0.717) is 11.5 Å². The molecule has 0 atom stereocenters. The third kappa shape index (κ3) is 1.21. The van der Waals surface area contributed by atoms with E-state index >= 15 is 0 Å². The first-order chi connectivity index (χ1) is 8.50. The van der Waals surface area contributed by atoms with Gasteiger partial charge in [-0.1, -0.05) is 6.07 Å². The zero-order chi connectivity index (χ0) is 13.0. The molecular weight excluding hydrogens is 230 g/mol. The zero-order valence-electron chi connectivity index (χ0n) is 10.4. The Hall–Kier alpha value is -2.30.